The number of nitrogens with zero attached hydrogens (tertiary/aromatic N) is 3. The van der Waals surface area contributed by atoms with Crippen LogP contribution in [0.1, 0.15) is 29.8 Å². The Morgan fingerprint density at radius 2 is 1.76 bits per heavy atom. The van der Waals surface area contributed by atoms with E-state index in [0.29, 0.717) is 11.6 Å². The lowest BCUT2D eigenvalue weighted by Gasteiger charge is -2.27. The first-order valence-corrected chi connectivity index (χ1v) is 7.17. The van der Waals surface area contributed by atoms with Crippen LogP contribution >= 0.6 is 0 Å². The lowest BCUT2D eigenvalue weighted by Crippen LogP contribution is -2.31. The fourth-order valence-corrected chi connectivity index (χ4v) is 2.54. The first kappa shape index (κ1) is 13.5. The van der Waals surface area contributed by atoms with Crippen LogP contribution in [0.2, 0.25) is 0 Å². The van der Waals surface area contributed by atoms with Crippen molar-refractivity contribution in [3.63, 3.8) is 0 Å². The van der Waals surface area contributed by atoms with Crippen LogP contribution in [-0.4, -0.2) is 34.1 Å². The molecule has 3 rings (SSSR count). The van der Waals surface area contributed by atoms with Gasteiger partial charge in [-0.2, -0.15) is 0 Å². The van der Waals surface area contributed by atoms with Crippen molar-refractivity contribution in [3.05, 3.63) is 42.1 Å². The molecule has 0 spiro atoms. The van der Waals surface area contributed by atoms with Gasteiger partial charge in [0.15, 0.2) is 5.69 Å². The Balaban J connectivity index is 2.03. The van der Waals surface area contributed by atoms with Crippen LogP contribution < -0.4 is 4.90 Å². The molecule has 2 aromatic rings. The third-order valence-corrected chi connectivity index (χ3v) is 3.64. The number of rotatable bonds is 3. The molecule has 108 valence electrons. The number of aromatic carboxylic acids is 1. The van der Waals surface area contributed by atoms with Gasteiger partial charge in [-0.1, -0.05) is 30.3 Å². The van der Waals surface area contributed by atoms with E-state index in [2.05, 4.69) is 14.9 Å². The second-order valence-electron chi connectivity index (χ2n) is 5.16. The van der Waals surface area contributed by atoms with Crippen molar-refractivity contribution in [3.8, 4) is 11.3 Å². The van der Waals surface area contributed by atoms with Crippen LogP contribution in [0.25, 0.3) is 11.3 Å². The van der Waals surface area contributed by atoms with Gasteiger partial charge in [0.05, 0.1) is 5.69 Å². The van der Waals surface area contributed by atoms with Crippen LogP contribution in [0.4, 0.5) is 5.95 Å². The largest absolute Gasteiger partial charge is 0.477 e. The summed E-state index contributed by atoms with van der Waals surface area (Å²) >= 11 is 0. The summed E-state index contributed by atoms with van der Waals surface area (Å²) in [6.45, 7) is 1.77. The Labute approximate surface area is 123 Å². The molecule has 0 saturated carbocycles. The second-order valence-corrected chi connectivity index (χ2v) is 5.16. The predicted molar refractivity (Wildman–Crippen MR) is 80.5 cm³/mol. The van der Waals surface area contributed by atoms with E-state index in [1.807, 2.05) is 30.3 Å². The number of hydrogen-bond donors (Lipinski definition) is 1. The summed E-state index contributed by atoms with van der Waals surface area (Å²) in [6.07, 6.45) is 3.41. The van der Waals surface area contributed by atoms with Crippen LogP contribution in [0.15, 0.2) is 36.4 Å². The van der Waals surface area contributed by atoms with E-state index in [-0.39, 0.29) is 5.69 Å². The summed E-state index contributed by atoms with van der Waals surface area (Å²) in [5.74, 6) is -0.499. The number of piperidine rings is 1. The Bertz CT molecular complexity index is 637. The maximum atomic E-state index is 11.3. The molecule has 1 saturated heterocycles. The molecular weight excluding hydrogens is 266 g/mol. The lowest BCUT2D eigenvalue weighted by molar-refractivity contribution is 0.0690. The molecule has 1 aromatic heterocycles. The third kappa shape index (κ3) is 3.02. The van der Waals surface area contributed by atoms with E-state index in [1.54, 1.807) is 0 Å². The van der Waals surface area contributed by atoms with Crippen LogP contribution in [0.5, 0.6) is 0 Å². The smallest absolute Gasteiger partial charge is 0.354 e. The SMILES string of the molecule is O=C(O)c1cc(-c2ccccc2)nc(N2CCCCC2)n1. The number of hydrogen-bond acceptors (Lipinski definition) is 4. The zero-order chi connectivity index (χ0) is 14.7. The molecule has 5 nitrogen and oxygen atoms in total. The maximum absolute atomic E-state index is 11.3. The van der Waals surface area contributed by atoms with Crippen LogP contribution in [0.3, 0.4) is 0 Å². The van der Waals surface area contributed by atoms with Gasteiger partial charge in [0.25, 0.3) is 0 Å². The van der Waals surface area contributed by atoms with Crippen LogP contribution in [-0.2, 0) is 0 Å². The molecule has 5 heteroatoms. The number of carbonyl (C=O) groups is 1. The van der Waals surface area contributed by atoms with Crippen molar-refractivity contribution in [1.82, 2.24) is 9.97 Å². The van der Waals surface area contributed by atoms with Gasteiger partial charge in [-0.3, -0.25) is 0 Å². The normalized spacial score (nSPS) is 15.0. The van der Waals surface area contributed by atoms with Gasteiger partial charge in [0.2, 0.25) is 5.95 Å². The molecule has 0 bridgehead atoms. The van der Waals surface area contributed by atoms with Gasteiger partial charge in [0.1, 0.15) is 0 Å². The summed E-state index contributed by atoms with van der Waals surface area (Å²) < 4.78 is 0. The van der Waals surface area contributed by atoms with Gasteiger partial charge in [0, 0.05) is 18.7 Å². The molecule has 1 fully saturated rings. The molecule has 0 aliphatic carbocycles. The van der Waals surface area contributed by atoms with E-state index < -0.39 is 5.97 Å². The Morgan fingerprint density at radius 3 is 2.43 bits per heavy atom. The van der Waals surface area contributed by atoms with E-state index in [1.165, 1.54) is 12.5 Å². The van der Waals surface area contributed by atoms with Crippen molar-refractivity contribution in [1.29, 1.82) is 0 Å². The maximum Gasteiger partial charge on any atom is 0.354 e. The Morgan fingerprint density at radius 1 is 1.05 bits per heavy atom. The monoisotopic (exact) mass is 283 g/mol. The minimum absolute atomic E-state index is 0.0458. The van der Waals surface area contributed by atoms with Gasteiger partial charge in [-0.25, -0.2) is 14.8 Å². The summed E-state index contributed by atoms with van der Waals surface area (Å²) in [4.78, 5) is 22.1. The predicted octanol–water partition coefficient (Wildman–Crippen LogP) is 2.83. The molecule has 0 amide bonds. The Hall–Kier alpha value is -2.43. The average Bonchev–Trinajstić information content (AvgIpc) is 2.56. The van der Waals surface area contributed by atoms with Crippen molar-refractivity contribution >= 4 is 11.9 Å². The van der Waals surface area contributed by atoms with Crippen molar-refractivity contribution in [2.75, 3.05) is 18.0 Å². The number of carboxylic acid groups (broad SMARTS) is 1. The minimum atomic E-state index is -1.02. The molecule has 1 aliphatic rings. The summed E-state index contributed by atoms with van der Waals surface area (Å²) in [5, 5.41) is 9.27. The fraction of sp³-hybridized carbons (Fsp3) is 0.312. The first-order chi connectivity index (χ1) is 10.2. The molecule has 1 aromatic carbocycles. The lowest BCUT2D eigenvalue weighted by atomic mass is 10.1. The van der Waals surface area contributed by atoms with E-state index in [0.717, 1.165) is 31.5 Å². The molecule has 1 aliphatic heterocycles. The van der Waals surface area contributed by atoms with Gasteiger partial charge in [-0.05, 0) is 25.3 Å². The number of anilines is 1. The summed E-state index contributed by atoms with van der Waals surface area (Å²) in [5.41, 5.74) is 1.61. The molecule has 0 atom stereocenters. The summed E-state index contributed by atoms with van der Waals surface area (Å²) in [6, 6.07) is 11.1. The number of carboxylic acids is 1. The van der Waals surface area contributed by atoms with Crippen molar-refractivity contribution in [2.45, 2.75) is 19.3 Å². The van der Waals surface area contributed by atoms with E-state index in [4.69, 9.17) is 0 Å². The van der Waals surface area contributed by atoms with E-state index >= 15 is 0 Å². The second kappa shape index (κ2) is 5.91. The van der Waals surface area contributed by atoms with Crippen LogP contribution in [0, 0.1) is 0 Å². The highest BCUT2D eigenvalue weighted by molar-refractivity contribution is 5.87. The molecule has 2 heterocycles. The first-order valence-electron chi connectivity index (χ1n) is 7.17. The van der Waals surface area contributed by atoms with Gasteiger partial charge in [-0.15, -0.1) is 0 Å². The van der Waals surface area contributed by atoms with Gasteiger partial charge >= 0.3 is 5.97 Å². The van der Waals surface area contributed by atoms with Crippen molar-refractivity contribution in [2.24, 2.45) is 0 Å². The fourth-order valence-electron chi connectivity index (χ4n) is 2.54. The number of aromatic nitrogens is 2. The molecule has 0 unspecified atom stereocenters. The Kier molecular flexibility index (Phi) is 3.81. The average molecular weight is 283 g/mol. The quantitative estimate of drug-likeness (QED) is 0.938. The van der Waals surface area contributed by atoms with E-state index in [9.17, 15) is 9.90 Å². The third-order valence-electron chi connectivity index (χ3n) is 3.64. The molecular formula is C16H17N3O2. The topological polar surface area (TPSA) is 66.3 Å². The molecule has 21 heavy (non-hydrogen) atoms. The number of benzene rings is 1. The summed E-state index contributed by atoms with van der Waals surface area (Å²) in [7, 11) is 0. The molecule has 1 N–H and O–H groups in total. The highest BCUT2D eigenvalue weighted by atomic mass is 16.4. The highest BCUT2D eigenvalue weighted by Crippen LogP contribution is 2.22. The zero-order valence-corrected chi connectivity index (χ0v) is 11.7. The molecule has 0 radical (unpaired) electrons. The van der Waals surface area contributed by atoms with Crippen molar-refractivity contribution < 1.29 is 9.90 Å². The highest BCUT2D eigenvalue weighted by Gasteiger charge is 2.18. The minimum Gasteiger partial charge on any atom is -0.477 e. The standard InChI is InChI=1S/C16H17N3O2/c20-15(21)14-11-13(12-7-3-1-4-8-12)17-16(18-14)19-9-5-2-6-10-19/h1,3-4,7-8,11H,2,5-6,9-10H2,(H,20,21). The zero-order valence-electron chi connectivity index (χ0n) is 11.7. The van der Waals surface area contributed by atoms with Gasteiger partial charge < -0.3 is 10.0 Å².